The Hall–Kier alpha value is -1.19. The van der Waals surface area contributed by atoms with Crippen molar-refractivity contribution >= 4 is 5.78 Å². The molecule has 94 valence electrons. The van der Waals surface area contributed by atoms with Crippen LogP contribution in [0.4, 0.5) is 0 Å². The maximum absolute atomic E-state index is 11.4. The zero-order valence-electron chi connectivity index (χ0n) is 10.6. The van der Waals surface area contributed by atoms with Crippen molar-refractivity contribution in [1.29, 1.82) is 0 Å². The molecule has 1 aromatic rings. The molecular formula is C14H20O3. The minimum Gasteiger partial charge on any atom is -0.396 e. The van der Waals surface area contributed by atoms with E-state index in [9.17, 15) is 15.0 Å². The number of aliphatic hydroxyl groups excluding tert-OH is 2. The molecule has 0 bridgehead atoms. The Kier molecular flexibility index (Phi) is 4.85. The molecular weight excluding hydrogens is 216 g/mol. The summed E-state index contributed by atoms with van der Waals surface area (Å²) in [6.45, 7) is 5.44. The third-order valence-corrected chi connectivity index (χ3v) is 3.07. The number of hydrogen-bond donors (Lipinski definition) is 2. The zero-order chi connectivity index (χ0) is 13.0. The van der Waals surface area contributed by atoms with Crippen molar-refractivity contribution in [3.05, 3.63) is 34.9 Å². The smallest absolute Gasteiger partial charge is 0.159 e. The first-order chi connectivity index (χ1) is 7.99. The number of aliphatic hydroxyl groups is 2. The number of rotatable bonds is 5. The summed E-state index contributed by atoms with van der Waals surface area (Å²) in [6, 6.07) is 5.59. The highest BCUT2D eigenvalue weighted by Gasteiger charge is 2.12. The second kappa shape index (κ2) is 5.94. The molecule has 0 aliphatic carbocycles. The molecule has 0 aromatic heterocycles. The SMILES string of the molecule is CC(=O)c1cc(C(C)CO)cc(C(C)CO)c1. The average molecular weight is 236 g/mol. The van der Waals surface area contributed by atoms with E-state index in [0.29, 0.717) is 5.56 Å². The predicted octanol–water partition coefficient (Wildman–Crippen LogP) is 2.08. The monoisotopic (exact) mass is 236 g/mol. The van der Waals surface area contributed by atoms with Crippen molar-refractivity contribution in [3.63, 3.8) is 0 Å². The fourth-order valence-electron chi connectivity index (χ4n) is 1.66. The van der Waals surface area contributed by atoms with Gasteiger partial charge in [0.15, 0.2) is 5.78 Å². The highest BCUT2D eigenvalue weighted by molar-refractivity contribution is 5.94. The van der Waals surface area contributed by atoms with Crippen molar-refractivity contribution < 1.29 is 15.0 Å². The maximum Gasteiger partial charge on any atom is 0.159 e. The molecule has 0 aliphatic heterocycles. The van der Waals surface area contributed by atoms with Crippen LogP contribution < -0.4 is 0 Å². The van der Waals surface area contributed by atoms with Gasteiger partial charge in [0, 0.05) is 30.6 Å². The summed E-state index contributed by atoms with van der Waals surface area (Å²) in [6.07, 6.45) is 0. The third kappa shape index (κ3) is 3.38. The van der Waals surface area contributed by atoms with E-state index in [1.54, 1.807) is 0 Å². The lowest BCUT2D eigenvalue weighted by molar-refractivity contribution is 0.101. The molecule has 0 radical (unpaired) electrons. The van der Waals surface area contributed by atoms with Crippen LogP contribution in [0.5, 0.6) is 0 Å². The van der Waals surface area contributed by atoms with Gasteiger partial charge in [-0.05, 0) is 30.2 Å². The minimum absolute atomic E-state index is 0.000979. The lowest BCUT2D eigenvalue weighted by atomic mass is 9.91. The number of benzene rings is 1. The predicted molar refractivity (Wildman–Crippen MR) is 67.4 cm³/mol. The van der Waals surface area contributed by atoms with E-state index >= 15 is 0 Å². The minimum atomic E-state index is -0.000979. The molecule has 0 spiro atoms. The molecule has 2 unspecified atom stereocenters. The molecule has 17 heavy (non-hydrogen) atoms. The van der Waals surface area contributed by atoms with E-state index < -0.39 is 0 Å². The van der Waals surface area contributed by atoms with Crippen LogP contribution in [0.3, 0.4) is 0 Å². The van der Waals surface area contributed by atoms with Crippen LogP contribution in [-0.2, 0) is 0 Å². The Morgan fingerprint density at radius 1 is 1.06 bits per heavy atom. The molecule has 0 amide bonds. The topological polar surface area (TPSA) is 57.5 Å². The summed E-state index contributed by atoms with van der Waals surface area (Å²) < 4.78 is 0. The molecule has 0 fully saturated rings. The first-order valence-corrected chi connectivity index (χ1v) is 5.87. The number of Topliss-reactive ketones (excluding diaryl/α,β-unsaturated/α-hetero) is 1. The molecule has 3 nitrogen and oxygen atoms in total. The third-order valence-electron chi connectivity index (χ3n) is 3.07. The van der Waals surface area contributed by atoms with E-state index in [2.05, 4.69) is 0 Å². The van der Waals surface area contributed by atoms with Gasteiger partial charge in [-0.1, -0.05) is 19.9 Å². The fraction of sp³-hybridized carbons (Fsp3) is 0.500. The summed E-state index contributed by atoms with van der Waals surface area (Å²) in [5.74, 6) is 0.00117. The van der Waals surface area contributed by atoms with Gasteiger partial charge in [-0.2, -0.15) is 0 Å². The Labute approximate surface area is 102 Å². The normalized spacial score (nSPS) is 14.4. The summed E-state index contributed by atoms with van der Waals surface area (Å²) in [5, 5.41) is 18.3. The Morgan fingerprint density at radius 2 is 1.47 bits per heavy atom. The van der Waals surface area contributed by atoms with Gasteiger partial charge in [-0.3, -0.25) is 4.79 Å². The summed E-state index contributed by atoms with van der Waals surface area (Å²) in [7, 11) is 0. The average Bonchev–Trinajstić information content (AvgIpc) is 2.36. The standard InChI is InChI=1S/C14H20O3/c1-9(7-15)12-4-13(10(2)8-16)6-14(5-12)11(3)17/h4-6,9-10,15-16H,7-8H2,1-3H3. The van der Waals surface area contributed by atoms with Crippen LogP contribution in [-0.4, -0.2) is 29.2 Å². The van der Waals surface area contributed by atoms with Crippen molar-refractivity contribution in [2.45, 2.75) is 32.6 Å². The quantitative estimate of drug-likeness (QED) is 0.769. The number of carbonyl (C=O) groups excluding carboxylic acids is 1. The van der Waals surface area contributed by atoms with E-state index in [1.807, 2.05) is 32.0 Å². The second-order valence-electron chi connectivity index (χ2n) is 4.61. The van der Waals surface area contributed by atoms with E-state index in [1.165, 1.54) is 6.92 Å². The molecule has 0 aliphatic rings. The summed E-state index contributed by atoms with van der Waals surface area (Å²) >= 11 is 0. The Bertz CT molecular complexity index is 370. The van der Waals surface area contributed by atoms with Gasteiger partial charge in [-0.25, -0.2) is 0 Å². The van der Waals surface area contributed by atoms with Crippen LogP contribution >= 0.6 is 0 Å². The van der Waals surface area contributed by atoms with Gasteiger partial charge in [-0.15, -0.1) is 0 Å². The summed E-state index contributed by atoms with van der Waals surface area (Å²) in [4.78, 5) is 11.4. The molecule has 0 heterocycles. The molecule has 1 rings (SSSR count). The summed E-state index contributed by atoms with van der Waals surface area (Å²) in [5.41, 5.74) is 2.52. The molecule has 2 atom stereocenters. The Morgan fingerprint density at radius 3 is 1.76 bits per heavy atom. The van der Waals surface area contributed by atoms with Crippen LogP contribution in [0.15, 0.2) is 18.2 Å². The van der Waals surface area contributed by atoms with Gasteiger partial charge in [0.25, 0.3) is 0 Å². The van der Waals surface area contributed by atoms with E-state index in [0.717, 1.165) is 11.1 Å². The number of carbonyl (C=O) groups is 1. The van der Waals surface area contributed by atoms with Crippen LogP contribution in [0.1, 0.15) is 54.1 Å². The van der Waals surface area contributed by atoms with Crippen molar-refractivity contribution in [3.8, 4) is 0 Å². The molecule has 3 heteroatoms. The van der Waals surface area contributed by atoms with Crippen molar-refractivity contribution in [2.75, 3.05) is 13.2 Å². The number of ketones is 1. The fourth-order valence-corrected chi connectivity index (χ4v) is 1.66. The van der Waals surface area contributed by atoms with Crippen LogP contribution in [0, 0.1) is 0 Å². The molecule has 2 N–H and O–H groups in total. The van der Waals surface area contributed by atoms with E-state index in [-0.39, 0.29) is 30.8 Å². The lowest BCUT2D eigenvalue weighted by Crippen LogP contribution is -2.06. The first-order valence-electron chi connectivity index (χ1n) is 5.87. The highest BCUT2D eigenvalue weighted by atomic mass is 16.3. The van der Waals surface area contributed by atoms with Crippen LogP contribution in [0.25, 0.3) is 0 Å². The maximum atomic E-state index is 11.4. The van der Waals surface area contributed by atoms with Crippen molar-refractivity contribution in [2.24, 2.45) is 0 Å². The molecule has 1 aromatic carbocycles. The van der Waals surface area contributed by atoms with Crippen molar-refractivity contribution in [1.82, 2.24) is 0 Å². The van der Waals surface area contributed by atoms with E-state index in [4.69, 9.17) is 0 Å². The van der Waals surface area contributed by atoms with Gasteiger partial charge in [0.1, 0.15) is 0 Å². The van der Waals surface area contributed by atoms with Gasteiger partial charge in [0.05, 0.1) is 0 Å². The first kappa shape index (κ1) is 13.9. The zero-order valence-corrected chi connectivity index (χ0v) is 10.6. The second-order valence-corrected chi connectivity index (χ2v) is 4.61. The highest BCUT2D eigenvalue weighted by Crippen LogP contribution is 2.23. The van der Waals surface area contributed by atoms with Crippen LogP contribution in [0.2, 0.25) is 0 Å². The molecule has 0 saturated carbocycles. The van der Waals surface area contributed by atoms with Gasteiger partial charge < -0.3 is 10.2 Å². The largest absolute Gasteiger partial charge is 0.396 e. The lowest BCUT2D eigenvalue weighted by Gasteiger charge is -2.15. The Balaban J connectivity index is 3.23. The molecule has 0 saturated heterocycles. The van der Waals surface area contributed by atoms with Gasteiger partial charge >= 0.3 is 0 Å². The van der Waals surface area contributed by atoms with Gasteiger partial charge in [0.2, 0.25) is 0 Å². The number of hydrogen-bond acceptors (Lipinski definition) is 3.